The molecule has 1 aliphatic heterocycles. The van der Waals surface area contributed by atoms with Gasteiger partial charge in [-0.1, -0.05) is 0 Å². The summed E-state index contributed by atoms with van der Waals surface area (Å²) in [6.07, 6.45) is 4.62. The monoisotopic (exact) mass is 416 g/mol. The third-order valence-electron chi connectivity index (χ3n) is 6.56. The van der Waals surface area contributed by atoms with Gasteiger partial charge in [0.2, 0.25) is 5.91 Å². The van der Waals surface area contributed by atoms with Crippen LogP contribution in [0.3, 0.4) is 0 Å². The van der Waals surface area contributed by atoms with Gasteiger partial charge in [-0.15, -0.1) is 11.3 Å². The van der Waals surface area contributed by atoms with Crippen molar-refractivity contribution in [3.05, 3.63) is 27.6 Å². The number of fused-ring (bicyclic) bond motifs is 2. The van der Waals surface area contributed by atoms with Crippen LogP contribution in [0.15, 0.2) is 16.2 Å². The fourth-order valence-corrected chi connectivity index (χ4v) is 5.71. The van der Waals surface area contributed by atoms with Gasteiger partial charge in [0.1, 0.15) is 10.5 Å². The lowest BCUT2D eigenvalue weighted by atomic mass is 9.77. The molecular weight excluding hydrogens is 388 g/mol. The molecule has 29 heavy (non-hydrogen) atoms. The van der Waals surface area contributed by atoms with Crippen molar-refractivity contribution in [3.63, 3.8) is 0 Å². The summed E-state index contributed by atoms with van der Waals surface area (Å²) in [5.74, 6) is 2.60. The van der Waals surface area contributed by atoms with E-state index < -0.39 is 0 Å². The first-order valence-corrected chi connectivity index (χ1v) is 11.5. The van der Waals surface area contributed by atoms with Crippen LogP contribution in [0.25, 0.3) is 10.2 Å². The number of nitrogens with one attached hydrogen (secondary N) is 2. The molecule has 3 aliphatic rings. The predicted octanol–water partition coefficient (Wildman–Crippen LogP) is 2.13. The molecule has 5 rings (SSSR count). The molecule has 0 spiro atoms. The maximum atomic E-state index is 12.2. The Kier molecular flexibility index (Phi) is 5.17. The number of hydrogen-bond donors (Lipinski definition) is 2. The van der Waals surface area contributed by atoms with Gasteiger partial charge in [0.15, 0.2) is 0 Å². The lowest BCUT2D eigenvalue weighted by molar-refractivity contribution is -0.122. The number of amides is 1. The highest BCUT2D eigenvalue weighted by Crippen LogP contribution is 2.39. The molecule has 1 saturated heterocycles. The largest absolute Gasteiger partial charge is 0.376 e. The van der Waals surface area contributed by atoms with Crippen molar-refractivity contribution in [2.45, 2.75) is 51.3 Å². The van der Waals surface area contributed by atoms with Crippen molar-refractivity contribution in [1.29, 1.82) is 0 Å². The van der Waals surface area contributed by atoms with Gasteiger partial charge >= 0.3 is 0 Å². The molecule has 0 radical (unpaired) electrons. The molecule has 0 bridgehead atoms. The van der Waals surface area contributed by atoms with E-state index in [2.05, 4.69) is 20.2 Å². The third-order valence-corrected chi connectivity index (χ3v) is 7.46. The summed E-state index contributed by atoms with van der Waals surface area (Å²) < 4.78 is 6.94. The number of ether oxygens (including phenoxy) is 1. The average molecular weight is 417 g/mol. The number of likely N-dealkylation sites (tertiary alicyclic amines) is 1. The smallest absolute Gasteiger partial charge is 0.268 e. The van der Waals surface area contributed by atoms with Gasteiger partial charge < -0.3 is 15.0 Å². The number of rotatable bonds is 6. The van der Waals surface area contributed by atoms with Crippen LogP contribution in [-0.4, -0.2) is 52.6 Å². The zero-order valence-electron chi connectivity index (χ0n) is 16.7. The summed E-state index contributed by atoms with van der Waals surface area (Å²) in [5, 5.41) is 5.04. The van der Waals surface area contributed by atoms with E-state index in [0.29, 0.717) is 23.1 Å². The molecule has 2 aromatic rings. The van der Waals surface area contributed by atoms with Gasteiger partial charge in [-0.05, 0) is 54.9 Å². The van der Waals surface area contributed by atoms with Crippen molar-refractivity contribution < 1.29 is 9.53 Å². The molecule has 3 heterocycles. The standard InChI is InChI=1S/C21H28N4O3S/c1-12(26)22-17-6-14-8-25(9-15(14)7-18(17)28-11-13-2-3-13)10-19-23-16-4-5-29-20(16)21(27)24-19/h4-5,13-15,17-18H,2-3,6-11H2,1H3,(H,22,26)(H,23,24,27)/t14-,15+,17-,18-/m1/s1. The minimum Gasteiger partial charge on any atom is -0.376 e. The Morgan fingerprint density at radius 3 is 2.90 bits per heavy atom. The molecule has 0 unspecified atom stereocenters. The molecular formula is C21H28N4O3S. The molecule has 4 atom stereocenters. The Morgan fingerprint density at radius 2 is 2.14 bits per heavy atom. The van der Waals surface area contributed by atoms with Crippen LogP contribution in [0.2, 0.25) is 0 Å². The van der Waals surface area contributed by atoms with E-state index in [0.717, 1.165) is 49.8 Å². The fraction of sp³-hybridized carbons (Fsp3) is 0.667. The molecule has 2 saturated carbocycles. The second-order valence-electron chi connectivity index (χ2n) is 8.96. The summed E-state index contributed by atoms with van der Waals surface area (Å²) in [6, 6.07) is 2.01. The number of H-pyrrole nitrogens is 1. The Balaban J connectivity index is 1.26. The van der Waals surface area contributed by atoms with Crippen LogP contribution >= 0.6 is 11.3 Å². The third kappa shape index (κ3) is 4.25. The molecule has 0 aromatic carbocycles. The van der Waals surface area contributed by atoms with Crippen molar-refractivity contribution in [3.8, 4) is 0 Å². The minimum atomic E-state index is -0.0455. The highest BCUT2D eigenvalue weighted by Gasteiger charge is 2.43. The van der Waals surface area contributed by atoms with Crippen LogP contribution in [0, 0.1) is 17.8 Å². The Bertz CT molecular complexity index is 953. The van der Waals surface area contributed by atoms with Crippen molar-refractivity contribution in [1.82, 2.24) is 20.2 Å². The number of thiophene rings is 1. The first-order chi connectivity index (χ1) is 14.0. The Labute approximate surface area is 173 Å². The van der Waals surface area contributed by atoms with Crippen molar-refractivity contribution in [2.75, 3.05) is 19.7 Å². The molecule has 2 aromatic heterocycles. The summed E-state index contributed by atoms with van der Waals surface area (Å²) in [7, 11) is 0. The van der Waals surface area contributed by atoms with Gasteiger partial charge in [0, 0.05) is 26.6 Å². The highest BCUT2D eigenvalue weighted by atomic mass is 32.1. The van der Waals surface area contributed by atoms with Crippen LogP contribution < -0.4 is 10.9 Å². The number of aromatic nitrogens is 2. The molecule has 156 valence electrons. The topological polar surface area (TPSA) is 87.3 Å². The summed E-state index contributed by atoms with van der Waals surface area (Å²) in [6.45, 7) is 5.04. The second-order valence-corrected chi connectivity index (χ2v) is 9.87. The zero-order chi connectivity index (χ0) is 20.0. The second kappa shape index (κ2) is 7.81. The number of nitrogens with zero attached hydrogens (tertiary/aromatic N) is 2. The average Bonchev–Trinajstić information content (AvgIpc) is 3.22. The molecule has 3 fully saturated rings. The van der Waals surface area contributed by atoms with E-state index in [-0.39, 0.29) is 23.6 Å². The summed E-state index contributed by atoms with van der Waals surface area (Å²) >= 11 is 1.43. The molecule has 2 aliphatic carbocycles. The molecule has 7 nitrogen and oxygen atoms in total. The first kappa shape index (κ1) is 19.2. The van der Waals surface area contributed by atoms with Gasteiger partial charge in [-0.2, -0.15) is 0 Å². The first-order valence-electron chi connectivity index (χ1n) is 10.6. The van der Waals surface area contributed by atoms with E-state index in [1.807, 2.05) is 11.4 Å². The quantitative estimate of drug-likeness (QED) is 0.753. The zero-order valence-corrected chi connectivity index (χ0v) is 17.5. The van der Waals surface area contributed by atoms with Gasteiger partial charge in [-0.3, -0.25) is 14.5 Å². The number of carbonyl (C=O) groups excluding carboxylic acids is 1. The van der Waals surface area contributed by atoms with Crippen LogP contribution in [0.4, 0.5) is 0 Å². The van der Waals surface area contributed by atoms with E-state index in [1.54, 1.807) is 6.92 Å². The SMILES string of the molecule is CC(=O)N[C@@H]1C[C@@H]2CN(Cc3nc4ccsc4c(=O)[nH]3)C[C@@H]2C[C@H]1OCC1CC1. The predicted molar refractivity (Wildman–Crippen MR) is 112 cm³/mol. The van der Waals surface area contributed by atoms with Crippen LogP contribution in [0.5, 0.6) is 0 Å². The van der Waals surface area contributed by atoms with Crippen LogP contribution in [0.1, 0.15) is 38.4 Å². The van der Waals surface area contributed by atoms with Gasteiger partial charge in [0.05, 0.1) is 24.2 Å². The number of carbonyl (C=O) groups is 1. The summed E-state index contributed by atoms with van der Waals surface area (Å²) in [5.41, 5.74) is 0.737. The van der Waals surface area contributed by atoms with E-state index >= 15 is 0 Å². The van der Waals surface area contributed by atoms with E-state index in [4.69, 9.17) is 4.74 Å². The molecule has 1 amide bonds. The maximum Gasteiger partial charge on any atom is 0.268 e. The molecule has 8 heteroatoms. The maximum absolute atomic E-state index is 12.2. The highest BCUT2D eigenvalue weighted by molar-refractivity contribution is 7.17. The minimum absolute atomic E-state index is 0.0224. The molecule has 2 N–H and O–H groups in total. The van der Waals surface area contributed by atoms with E-state index in [9.17, 15) is 9.59 Å². The lowest BCUT2D eigenvalue weighted by Crippen LogP contribution is -2.50. The Hall–Kier alpha value is -1.77. The van der Waals surface area contributed by atoms with Crippen LogP contribution in [-0.2, 0) is 16.1 Å². The van der Waals surface area contributed by atoms with Gasteiger partial charge in [-0.25, -0.2) is 4.98 Å². The normalized spacial score (nSPS) is 29.8. The van der Waals surface area contributed by atoms with Crippen molar-refractivity contribution >= 4 is 27.5 Å². The lowest BCUT2D eigenvalue weighted by Gasteiger charge is -2.38. The van der Waals surface area contributed by atoms with Crippen molar-refractivity contribution in [2.24, 2.45) is 17.8 Å². The fourth-order valence-electron chi connectivity index (χ4n) is 4.99. The number of aromatic amines is 1. The summed E-state index contributed by atoms with van der Waals surface area (Å²) in [4.78, 5) is 33.9. The van der Waals surface area contributed by atoms with Gasteiger partial charge in [0.25, 0.3) is 5.56 Å². The number of hydrogen-bond acceptors (Lipinski definition) is 6. The van der Waals surface area contributed by atoms with E-state index in [1.165, 1.54) is 24.2 Å². The Morgan fingerprint density at radius 1 is 1.34 bits per heavy atom.